The van der Waals surface area contributed by atoms with Crippen LogP contribution in [0.15, 0.2) is 18.2 Å². The number of nitrogens with zero attached hydrogens (tertiary/aromatic N) is 2. The molecule has 0 saturated carbocycles. The van der Waals surface area contributed by atoms with Gasteiger partial charge in [0.05, 0.1) is 6.17 Å². The molecule has 0 spiro atoms. The van der Waals surface area contributed by atoms with Gasteiger partial charge in [-0.3, -0.25) is 10.2 Å². The first-order valence-corrected chi connectivity index (χ1v) is 14.5. The number of carbonyl (C=O) groups is 1. The zero-order valence-corrected chi connectivity index (χ0v) is 22.4. The van der Waals surface area contributed by atoms with Gasteiger partial charge >= 0.3 is 6.09 Å². The Morgan fingerprint density at radius 2 is 1.71 bits per heavy atom. The van der Waals surface area contributed by atoms with Crippen LogP contribution in [-0.4, -0.2) is 55.0 Å². The number of aryl methyl sites for hydroxylation is 1. The van der Waals surface area contributed by atoms with E-state index in [2.05, 4.69) is 52.5 Å². The number of benzene rings is 1. The van der Waals surface area contributed by atoms with Crippen molar-refractivity contribution in [2.24, 2.45) is 0 Å². The van der Waals surface area contributed by atoms with Crippen molar-refractivity contribution in [2.75, 3.05) is 37.6 Å². The van der Waals surface area contributed by atoms with Crippen LogP contribution in [0.4, 0.5) is 10.5 Å². The second-order valence-corrected chi connectivity index (χ2v) is 10.6. The second kappa shape index (κ2) is 15.4. The number of piperazine rings is 1. The fourth-order valence-electron chi connectivity index (χ4n) is 5.77. The molecule has 0 bridgehead atoms. The molecule has 1 aliphatic heterocycles. The molecule has 2 atom stereocenters. The van der Waals surface area contributed by atoms with Gasteiger partial charge in [-0.15, -0.1) is 0 Å². The van der Waals surface area contributed by atoms with Gasteiger partial charge in [0, 0.05) is 37.9 Å². The summed E-state index contributed by atoms with van der Waals surface area (Å²) in [6, 6.07) is 7.21. The van der Waals surface area contributed by atoms with E-state index in [1.54, 1.807) is 0 Å². The molecule has 0 radical (unpaired) electrons. The first-order valence-electron chi connectivity index (χ1n) is 14.5. The van der Waals surface area contributed by atoms with Gasteiger partial charge in [0.25, 0.3) is 0 Å². The lowest BCUT2D eigenvalue weighted by atomic mass is 9.86. The number of unbranched alkanes of at least 4 members (excludes halogenated alkanes) is 7. The minimum Gasteiger partial charge on any atom is -0.465 e. The molecule has 1 amide bonds. The molecule has 1 heterocycles. The summed E-state index contributed by atoms with van der Waals surface area (Å²) < 4.78 is 0. The summed E-state index contributed by atoms with van der Waals surface area (Å²) in [4.78, 5) is 16.6. The van der Waals surface area contributed by atoms with E-state index in [0.717, 1.165) is 58.3 Å². The Hall–Kier alpha value is -1.79. The largest absolute Gasteiger partial charge is 0.465 e. The van der Waals surface area contributed by atoms with Gasteiger partial charge in [-0.25, -0.2) is 4.79 Å². The third-order valence-electron chi connectivity index (χ3n) is 7.77. The molecule has 3 rings (SSSR count). The Balaban J connectivity index is 1.55. The maximum absolute atomic E-state index is 11.5. The summed E-state index contributed by atoms with van der Waals surface area (Å²) in [6.45, 7) is 10.1. The molecule has 1 fully saturated rings. The van der Waals surface area contributed by atoms with Crippen molar-refractivity contribution in [3.05, 3.63) is 29.3 Å². The van der Waals surface area contributed by atoms with Crippen LogP contribution in [0.1, 0.15) is 108 Å². The summed E-state index contributed by atoms with van der Waals surface area (Å²) in [5.74, 6) is 0. The van der Waals surface area contributed by atoms with Gasteiger partial charge in [0.2, 0.25) is 0 Å². The van der Waals surface area contributed by atoms with Crippen molar-refractivity contribution >= 4 is 11.8 Å². The highest BCUT2D eigenvalue weighted by Crippen LogP contribution is 2.33. The highest BCUT2D eigenvalue weighted by molar-refractivity contribution is 5.64. The molecule has 0 aromatic heterocycles. The molecule has 1 aliphatic carbocycles. The quantitative estimate of drug-likeness (QED) is 0.200. The van der Waals surface area contributed by atoms with Crippen molar-refractivity contribution in [2.45, 2.75) is 110 Å². The predicted octanol–water partition coefficient (Wildman–Crippen LogP) is 6.31. The maximum Gasteiger partial charge on any atom is 0.405 e. The lowest BCUT2D eigenvalue weighted by Gasteiger charge is -2.37. The Morgan fingerprint density at radius 3 is 2.40 bits per heavy atom. The molecule has 1 aromatic carbocycles. The zero-order valence-electron chi connectivity index (χ0n) is 22.4. The number of nitrogens with one attached hydrogen (secondary N) is 2. The number of amides is 1. The Bertz CT molecular complexity index is 748. The molecule has 2 unspecified atom stereocenters. The summed E-state index contributed by atoms with van der Waals surface area (Å²) in [6.07, 6.45) is 14.4. The SMILES string of the molecule is CCCCCCCCCCC(NC(=O)O)NC1CCCc2ccc(N3CCN(CCC)CC3)cc21. The summed E-state index contributed by atoms with van der Waals surface area (Å²) in [7, 11) is 0. The van der Waals surface area contributed by atoms with Crippen LogP contribution < -0.4 is 15.5 Å². The van der Waals surface area contributed by atoms with Crippen LogP contribution >= 0.6 is 0 Å². The van der Waals surface area contributed by atoms with Crippen molar-refractivity contribution < 1.29 is 9.90 Å². The Morgan fingerprint density at radius 1 is 1.00 bits per heavy atom. The van der Waals surface area contributed by atoms with Crippen LogP contribution in [0.3, 0.4) is 0 Å². The Labute approximate surface area is 213 Å². The number of anilines is 1. The summed E-state index contributed by atoms with van der Waals surface area (Å²) in [5.41, 5.74) is 4.11. The van der Waals surface area contributed by atoms with Gasteiger partial charge < -0.3 is 15.3 Å². The fraction of sp³-hybridized carbons (Fsp3) is 0.759. The van der Waals surface area contributed by atoms with Gasteiger partial charge in [-0.05, 0) is 61.9 Å². The number of carboxylic acid groups (broad SMARTS) is 1. The highest BCUT2D eigenvalue weighted by atomic mass is 16.4. The minimum absolute atomic E-state index is 0.190. The van der Waals surface area contributed by atoms with E-state index in [1.165, 1.54) is 74.7 Å². The number of fused-ring (bicyclic) bond motifs is 1. The molecule has 2 aliphatic rings. The monoisotopic (exact) mass is 486 g/mol. The van der Waals surface area contributed by atoms with Gasteiger partial charge in [0.15, 0.2) is 0 Å². The van der Waals surface area contributed by atoms with Gasteiger partial charge in [0.1, 0.15) is 0 Å². The van der Waals surface area contributed by atoms with Crippen LogP contribution in [0.2, 0.25) is 0 Å². The average Bonchev–Trinajstić information content (AvgIpc) is 2.86. The third kappa shape index (κ3) is 9.30. The average molecular weight is 487 g/mol. The molecule has 6 nitrogen and oxygen atoms in total. The predicted molar refractivity (Wildman–Crippen MR) is 146 cm³/mol. The standard InChI is InChI=1S/C29H50N4O2/c1-3-5-6-7-8-9-10-11-15-28(31-29(34)35)30-27-14-12-13-24-16-17-25(23-26(24)27)33-21-19-32(18-4-2)20-22-33/h16-17,23,27-28,30-31H,3-15,18-22H2,1-2H3,(H,34,35). The zero-order chi connectivity index (χ0) is 24.9. The smallest absolute Gasteiger partial charge is 0.405 e. The molecular formula is C29H50N4O2. The molecule has 198 valence electrons. The normalized spacial score (nSPS) is 19.4. The topological polar surface area (TPSA) is 67.8 Å². The van der Waals surface area contributed by atoms with E-state index in [9.17, 15) is 9.90 Å². The first-order chi connectivity index (χ1) is 17.1. The number of rotatable bonds is 15. The molecule has 1 aromatic rings. The summed E-state index contributed by atoms with van der Waals surface area (Å²) >= 11 is 0. The van der Waals surface area contributed by atoms with Crippen LogP contribution in [0.5, 0.6) is 0 Å². The number of hydrogen-bond donors (Lipinski definition) is 3. The van der Waals surface area contributed by atoms with Gasteiger partial charge in [-0.1, -0.05) is 71.3 Å². The molecule has 3 N–H and O–H groups in total. The van der Waals surface area contributed by atoms with Crippen LogP contribution in [-0.2, 0) is 6.42 Å². The molecular weight excluding hydrogens is 436 g/mol. The minimum atomic E-state index is -0.934. The lowest BCUT2D eigenvalue weighted by molar-refractivity contribution is 0.183. The van der Waals surface area contributed by atoms with Crippen molar-refractivity contribution in [3.63, 3.8) is 0 Å². The van der Waals surface area contributed by atoms with Crippen molar-refractivity contribution in [3.8, 4) is 0 Å². The van der Waals surface area contributed by atoms with Crippen LogP contribution in [0, 0.1) is 0 Å². The second-order valence-electron chi connectivity index (χ2n) is 10.6. The van der Waals surface area contributed by atoms with E-state index >= 15 is 0 Å². The Kier molecular flexibility index (Phi) is 12.2. The van der Waals surface area contributed by atoms with Crippen molar-refractivity contribution in [1.82, 2.24) is 15.5 Å². The van der Waals surface area contributed by atoms with Crippen molar-refractivity contribution in [1.29, 1.82) is 0 Å². The molecule has 1 saturated heterocycles. The lowest BCUT2D eigenvalue weighted by Crippen LogP contribution is -2.47. The van der Waals surface area contributed by atoms with E-state index in [-0.39, 0.29) is 12.2 Å². The third-order valence-corrected chi connectivity index (χ3v) is 7.77. The van der Waals surface area contributed by atoms with E-state index in [0.29, 0.717) is 0 Å². The van der Waals surface area contributed by atoms with E-state index in [1.807, 2.05) is 0 Å². The van der Waals surface area contributed by atoms with E-state index < -0.39 is 6.09 Å². The first kappa shape index (κ1) is 27.8. The fourth-order valence-corrected chi connectivity index (χ4v) is 5.77. The highest BCUT2D eigenvalue weighted by Gasteiger charge is 2.25. The van der Waals surface area contributed by atoms with Gasteiger partial charge in [-0.2, -0.15) is 0 Å². The molecule has 6 heteroatoms. The summed E-state index contributed by atoms with van der Waals surface area (Å²) in [5, 5.41) is 15.9. The number of hydrogen-bond acceptors (Lipinski definition) is 4. The maximum atomic E-state index is 11.5. The molecule has 35 heavy (non-hydrogen) atoms. The van der Waals surface area contributed by atoms with E-state index in [4.69, 9.17) is 0 Å². The van der Waals surface area contributed by atoms with Crippen LogP contribution in [0.25, 0.3) is 0 Å².